The van der Waals surface area contributed by atoms with E-state index < -0.39 is 6.98 Å². The monoisotopic (exact) mass is 245 g/mol. The summed E-state index contributed by atoms with van der Waals surface area (Å²) in [5.41, 5.74) is 0.201. The third kappa shape index (κ3) is 6.21. The second-order valence-electron chi connectivity index (χ2n) is 2.37. The van der Waals surface area contributed by atoms with E-state index in [1.807, 2.05) is 0 Å². The van der Waals surface area contributed by atoms with Crippen molar-refractivity contribution in [3.63, 3.8) is 0 Å². The molecule has 0 N–H and O–H groups in total. The zero-order valence-corrected chi connectivity index (χ0v) is 11.3. The maximum Gasteiger partial charge on any atom is 1.00 e. The van der Waals surface area contributed by atoms with Gasteiger partial charge in [-0.3, -0.25) is 0 Å². The Kier molecular flexibility index (Phi) is 6.60. The second kappa shape index (κ2) is 6.30. The Morgan fingerprint density at radius 1 is 1.29 bits per heavy atom. The summed E-state index contributed by atoms with van der Waals surface area (Å²) in [4.78, 5) is 3.66. The molecule has 7 heteroatoms. The molecule has 0 atom stereocenters. The molecular formula is C7H5BClF3KN. The van der Waals surface area contributed by atoms with E-state index in [1.54, 1.807) is 6.07 Å². The zero-order valence-electron chi connectivity index (χ0n) is 7.42. The van der Waals surface area contributed by atoms with Gasteiger partial charge in [-0.25, -0.2) is 4.98 Å². The van der Waals surface area contributed by atoms with Gasteiger partial charge in [-0.15, -0.1) is 5.98 Å². The Morgan fingerprint density at radius 3 is 2.43 bits per heavy atom. The predicted octanol–water partition coefficient (Wildman–Crippen LogP) is 0.139. The molecule has 1 rings (SSSR count). The topological polar surface area (TPSA) is 12.9 Å². The van der Waals surface area contributed by atoms with Gasteiger partial charge in [-0.2, -0.15) is 0 Å². The fourth-order valence-corrected chi connectivity index (χ4v) is 0.895. The van der Waals surface area contributed by atoms with Crippen LogP contribution in [0.1, 0.15) is 5.69 Å². The number of hydrogen-bond donors (Lipinski definition) is 0. The summed E-state index contributed by atoms with van der Waals surface area (Å²) in [5.74, 6) is 0.179. The molecule has 0 aliphatic carbocycles. The minimum Gasteiger partial charge on any atom is -0.445 e. The van der Waals surface area contributed by atoms with Crippen molar-refractivity contribution in [1.29, 1.82) is 0 Å². The molecule has 1 heterocycles. The van der Waals surface area contributed by atoms with E-state index in [4.69, 9.17) is 11.6 Å². The maximum atomic E-state index is 11.8. The van der Waals surface area contributed by atoms with Crippen LogP contribution in [0.2, 0.25) is 5.15 Å². The fraction of sp³-hybridized carbons (Fsp3) is 0. The summed E-state index contributed by atoms with van der Waals surface area (Å²) in [7, 11) is 0. The summed E-state index contributed by atoms with van der Waals surface area (Å²) in [6.45, 7) is -4.90. The molecule has 0 unspecified atom stereocenters. The van der Waals surface area contributed by atoms with Gasteiger partial charge in [0.15, 0.2) is 0 Å². The first-order chi connectivity index (χ1) is 5.97. The van der Waals surface area contributed by atoms with Crippen molar-refractivity contribution in [2.24, 2.45) is 0 Å². The van der Waals surface area contributed by atoms with Crippen LogP contribution in [0.15, 0.2) is 24.2 Å². The fourth-order valence-electron chi connectivity index (χ4n) is 0.724. The van der Waals surface area contributed by atoms with Gasteiger partial charge >= 0.3 is 58.4 Å². The van der Waals surface area contributed by atoms with Crippen LogP contribution in [0.25, 0.3) is 6.08 Å². The standard InChI is InChI=1S/C7H5BClF3N.K/c9-7-3-1-2-6(13-7)4-5-8(10,11)12;/h1-5H;/q-1;+1/b5-4+;. The van der Waals surface area contributed by atoms with E-state index in [2.05, 4.69) is 4.98 Å². The van der Waals surface area contributed by atoms with Gasteiger partial charge in [0.1, 0.15) is 5.15 Å². The molecule has 1 nitrogen and oxygen atoms in total. The predicted molar refractivity (Wildman–Crippen MR) is 47.4 cm³/mol. The molecular weight excluding hydrogens is 240 g/mol. The number of hydrogen-bond acceptors (Lipinski definition) is 1. The van der Waals surface area contributed by atoms with Crippen LogP contribution in [-0.2, 0) is 0 Å². The van der Waals surface area contributed by atoms with Crippen LogP contribution in [0.3, 0.4) is 0 Å². The zero-order chi connectivity index (χ0) is 9.90. The number of rotatable bonds is 2. The summed E-state index contributed by atoms with van der Waals surface area (Å²) in [6, 6.07) is 4.49. The molecule has 0 fully saturated rings. The Bertz CT molecular complexity index is 329. The third-order valence-electron chi connectivity index (χ3n) is 1.22. The van der Waals surface area contributed by atoms with Crippen LogP contribution < -0.4 is 51.4 Å². The van der Waals surface area contributed by atoms with Gasteiger partial charge in [0.2, 0.25) is 0 Å². The van der Waals surface area contributed by atoms with Crippen LogP contribution in [0.5, 0.6) is 0 Å². The van der Waals surface area contributed by atoms with Gasteiger partial charge < -0.3 is 12.9 Å². The maximum absolute atomic E-state index is 11.8. The molecule has 0 bridgehead atoms. The summed E-state index contributed by atoms with van der Waals surface area (Å²) in [6.07, 6.45) is 0.895. The first kappa shape index (κ1) is 14.7. The molecule has 0 radical (unpaired) electrons. The average molecular weight is 245 g/mol. The quantitative estimate of drug-likeness (QED) is 0.533. The minimum absolute atomic E-state index is 0. The molecule has 1 aromatic heterocycles. The van der Waals surface area contributed by atoms with Gasteiger partial charge in [0.25, 0.3) is 0 Å². The second-order valence-corrected chi connectivity index (χ2v) is 2.76. The summed E-state index contributed by atoms with van der Waals surface area (Å²) < 4.78 is 35.3. The van der Waals surface area contributed by atoms with Crippen molar-refractivity contribution in [2.75, 3.05) is 0 Å². The Balaban J connectivity index is 0.00000169. The van der Waals surface area contributed by atoms with Crippen molar-refractivity contribution in [2.45, 2.75) is 0 Å². The van der Waals surface area contributed by atoms with Crippen molar-refractivity contribution in [1.82, 2.24) is 4.98 Å². The van der Waals surface area contributed by atoms with Crippen molar-refractivity contribution >= 4 is 24.7 Å². The number of pyridine rings is 1. The molecule has 1 aromatic rings. The first-order valence-electron chi connectivity index (χ1n) is 3.49. The van der Waals surface area contributed by atoms with E-state index in [1.165, 1.54) is 12.1 Å². The van der Waals surface area contributed by atoms with E-state index in [0.29, 0.717) is 0 Å². The molecule has 0 spiro atoms. The molecule has 14 heavy (non-hydrogen) atoms. The Morgan fingerprint density at radius 2 is 1.93 bits per heavy atom. The van der Waals surface area contributed by atoms with E-state index in [-0.39, 0.29) is 68.2 Å². The van der Waals surface area contributed by atoms with Crippen LogP contribution >= 0.6 is 11.6 Å². The van der Waals surface area contributed by atoms with Gasteiger partial charge in [-0.05, 0) is 12.1 Å². The van der Waals surface area contributed by atoms with Gasteiger partial charge in [0, 0.05) is 0 Å². The SMILES string of the molecule is F[B-](F)(F)/C=C/c1cccc(Cl)n1.[K+]. The molecule has 0 aromatic carbocycles. The number of halogens is 4. The van der Waals surface area contributed by atoms with E-state index in [0.717, 1.165) is 6.08 Å². The number of nitrogens with zero attached hydrogens (tertiary/aromatic N) is 1. The van der Waals surface area contributed by atoms with Crippen LogP contribution in [-0.4, -0.2) is 12.0 Å². The molecule has 0 amide bonds. The Hall–Kier alpha value is 0.671. The molecule has 0 aliphatic heterocycles. The van der Waals surface area contributed by atoms with Crippen LogP contribution in [0.4, 0.5) is 12.9 Å². The van der Waals surface area contributed by atoms with Crippen molar-refractivity contribution in [3.05, 3.63) is 35.0 Å². The molecule has 0 saturated heterocycles. The molecule has 70 valence electrons. The summed E-state index contributed by atoms with van der Waals surface area (Å²) in [5, 5.41) is 0.178. The van der Waals surface area contributed by atoms with Crippen molar-refractivity contribution in [3.8, 4) is 0 Å². The smallest absolute Gasteiger partial charge is 0.445 e. The first-order valence-corrected chi connectivity index (χ1v) is 3.87. The Labute approximate surface area is 127 Å². The van der Waals surface area contributed by atoms with E-state index >= 15 is 0 Å². The van der Waals surface area contributed by atoms with E-state index in [9.17, 15) is 12.9 Å². The van der Waals surface area contributed by atoms with Crippen LogP contribution in [0, 0.1) is 0 Å². The average Bonchev–Trinajstić information content (AvgIpc) is 2.00. The third-order valence-corrected chi connectivity index (χ3v) is 1.43. The molecule has 0 saturated carbocycles. The van der Waals surface area contributed by atoms with Crippen molar-refractivity contribution < 1.29 is 64.3 Å². The molecule has 0 aliphatic rings. The number of aromatic nitrogens is 1. The summed E-state index contributed by atoms with van der Waals surface area (Å²) >= 11 is 5.47. The normalized spacial score (nSPS) is 11.4. The minimum atomic E-state index is -4.90. The van der Waals surface area contributed by atoms with Gasteiger partial charge in [0.05, 0.1) is 5.69 Å². The largest absolute Gasteiger partial charge is 1.00 e. The van der Waals surface area contributed by atoms with Gasteiger partial charge in [-0.1, -0.05) is 23.7 Å².